The van der Waals surface area contributed by atoms with Crippen LogP contribution in [0.1, 0.15) is 30.5 Å². The Labute approximate surface area is 180 Å². The van der Waals surface area contributed by atoms with Crippen LogP contribution in [0.5, 0.6) is 11.5 Å². The summed E-state index contributed by atoms with van der Waals surface area (Å²) >= 11 is 0. The summed E-state index contributed by atoms with van der Waals surface area (Å²) in [7, 11) is 0. The van der Waals surface area contributed by atoms with Crippen LogP contribution in [0, 0.1) is 11.8 Å². The van der Waals surface area contributed by atoms with Gasteiger partial charge in [0.1, 0.15) is 23.4 Å². The van der Waals surface area contributed by atoms with Gasteiger partial charge in [0.05, 0.1) is 11.2 Å². The molecule has 6 heteroatoms. The second kappa shape index (κ2) is 6.86. The van der Waals surface area contributed by atoms with E-state index in [1.165, 1.54) is 6.33 Å². The van der Waals surface area contributed by atoms with Crippen LogP contribution in [0.4, 0.5) is 0 Å². The Morgan fingerprint density at radius 3 is 2.45 bits per heavy atom. The number of aromatic nitrogens is 2. The number of rotatable bonds is 1. The Kier molecular flexibility index (Phi) is 4.24. The number of fused-ring (bicyclic) bond motifs is 4. The number of benzene rings is 2. The highest BCUT2D eigenvalue weighted by Gasteiger charge is 2.44. The van der Waals surface area contributed by atoms with Crippen molar-refractivity contribution in [2.45, 2.75) is 24.9 Å². The highest BCUT2D eigenvalue weighted by atomic mass is 16.5. The van der Waals surface area contributed by atoms with Gasteiger partial charge in [-0.15, -0.1) is 0 Å². The van der Waals surface area contributed by atoms with E-state index in [-0.39, 0.29) is 0 Å². The van der Waals surface area contributed by atoms with Crippen LogP contribution in [0.15, 0.2) is 67.0 Å². The molecular weight excluding hydrogens is 388 g/mol. The van der Waals surface area contributed by atoms with E-state index < -0.39 is 11.0 Å². The van der Waals surface area contributed by atoms with Crippen LogP contribution in [0.25, 0.3) is 11.1 Å². The molecule has 0 saturated carbocycles. The molecule has 2 aromatic carbocycles. The number of hydrogen-bond acceptors (Lipinski definition) is 6. The van der Waals surface area contributed by atoms with Crippen molar-refractivity contribution < 1.29 is 9.84 Å². The maximum atomic E-state index is 9.98. The summed E-state index contributed by atoms with van der Waals surface area (Å²) in [6, 6.07) is 12.0. The van der Waals surface area contributed by atoms with Gasteiger partial charge in [0, 0.05) is 41.2 Å². The lowest BCUT2D eigenvalue weighted by Crippen LogP contribution is -2.34. The topological polar surface area (TPSA) is 93.3 Å². The van der Waals surface area contributed by atoms with Crippen molar-refractivity contribution in [3.63, 3.8) is 0 Å². The van der Waals surface area contributed by atoms with Crippen molar-refractivity contribution in [2.75, 3.05) is 6.54 Å². The van der Waals surface area contributed by atoms with E-state index in [2.05, 4.69) is 33.2 Å². The van der Waals surface area contributed by atoms with Crippen molar-refractivity contribution in [1.82, 2.24) is 15.3 Å². The van der Waals surface area contributed by atoms with Crippen molar-refractivity contribution >= 4 is 0 Å². The number of hydrogen-bond donors (Lipinski definition) is 3. The second-order valence-corrected chi connectivity index (χ2v) is 8.38. The Hall–Kier alpha value is -3.82. The molecule has 154 valence electrons. The molecule has 5 rings (SSSR count). The van der Waals surface area contributed by atoms with Crippen molar-refractivity contribution in [3.8, 4) is 34.5 Å². The molecule has 0 saturated heterocycles. The van der Waals surface area contributed by atoms with E-state index in [9.17, 15) is 5.11 Å². The number of nitrogens with zero attached hydrogens (tertiary/aromatic N) is 2. The third-order valence-corrected chi connectivity index (χ3v) is 5.52. The van der Waals surface area contributed by atoms with Gasteiger partial charge in [0.2, 0.25) is 0 Å². The summed E-state index contributed by atoms with van der Waals surface area (Å²) in [5, 5.41) is 13.3. The lowest BCUT2D eigenvalue weighted by molar-refractivity contribution is 0.143. The van der Waals surface area contributed by atoms with Crippen molar-refractivity contribution in [3.05, 3.63) is 83.7 Å². The van der Waals surface area contributed by atoms with Gasteiger partial charge in [0.15, 0.2) is 0 Å². The lowest BCUT2D eigenvalue weighted by atomic mass is 9.72. The fraction of sp³-hybridized carbons (Fsp3) is 0.200. The SMILES string of the molecule is CC(C)(O)C#Cc1ccc2c(c1)C1(C=C(N)NC1)c1cc(-c3cncnc3)ccc1O2. The Morgan fingerprint density at radius 1 is 1.06 bits per heavy atom. The zero-order valence-corrected chi connectivity index (χ0v) is 17.3. The van der Waals surface area contributed by atoms with Crippen LogP contribution in [-0.4, -0.2) is 27.2 Å². The molecular formula is C25H22N4O2. The van der Waals surface area contributed by atoms with E-state index in [0.29, 0.717) is 12.4 Å². The molecule has 2 aliphatic rings. The predicted molar refractivity (Wildman–Crippen MR) is 118 cm³/mol. The summed E-state index contributed by atoms with van der Waals surface area (Å²) in [5.74, 6) is 8.13. The molecule has 1 aromatic heterocycles. The monoisotopic (exact) mass is 410 g/mol. The molecule has 1 atom stereocenters. The molecule has 31 heavy (non-hydrogen) atoms. The van der Waals surface area contributed by atoms with Gasteiger partial charge in [-0.1, -0.05) is 17.9 Å². The lowest BCUT2D eigenvalue weighted by Gasteiger charge is -2.36. The first-order chi connectivity index (χ1) is 14.8. The standard InChI is InChI=1S/C25H22N4O2/c1-24(2,30)8-7-16-3-5-21-19(9-16)25(11-23(26)29-14-25)20-10-17(4-6-22(20)31-21)18-12-27-15-28-13-18/h3-6,9-13,15,29-30H,14,26H2,1-2H3. The summed E-state index contributed by atoms with van der Waals surface area (Å²) < 4.78 is 6.26. The normalized spacial score (nSPS) is 18.7. The highest BCUT2D eigenvalue weighted by molar-refractivity contribution is 5.70. The molecule has 2 aliphatic heterocycles. The molecule has 0 fully saturated rings. The number of aliphatic hydroxyl groups is 1. The van der Waals surface area contributed by atoms with Crippen molar-refractivity contribution in [1.29, 1.82) is 0 Å². The smallest absolute Gasteiger partial charge is 0.132 e. The average molecular weight is 410 g/mol. The first-order valence-corrected chi connectivity index (χ1v) is 10.0. The molecule has 1 spiro atoms. The zero-order valence-electron chi connectivity index (χ0n) is 17.3. The Balaban J connectivity index is 1.69. The molecule has 6 nitrogen and oxygen atoms in total. The van der Waals surface area contributed by atoms with E-state index in [4.69, 9.17) is 10.5 Å². The van der Waals surface area contributed by atoms with Gasteiger partial charge < -0.3 is 20.9 Å². The van der Waals surface area contributed by atoms with E-state index in [0.717, 1.165) is 39.3 Å². The second-order valence-electron chi connectivity index (χ2n) is 8.38. The summed E-state index contributed by atoms with van der Waals surface area (Å²) in [5.41, 5.74) is 9.36. The quantitative estimate of drug-likeness (QED) is 0.534. The van der Waals surface area contributed by atoms with Crippen LogP contribution in [-0.2, 0) is 5.41 Å². The summed E-state index contributed by atoms with van der Waals surface area (Å²) in [6.07, 6.45) is 7.15. The van der Waals surface area contributed by atoms with Crippen molar-refractivity contribution in [2.24, 2.45) is 5.73 Å². The number of ether oxygens (including phenoxy) is 1. The third kappa shape index (κ3) is 3.39. The first kappa shape index (κ1) is 19.2. The molecule has 0 amide bonds. The van der Waals surface area contributed by atoms with E-state index >= 15 is 0 Å². The fourth-order valence-corrected chi connectivity index (χ4v) is 4.08. The maximum Gasteiger partial charge on any atom is 0.132 e. The third-order valence-electron chi connectivity index (χ3n) is 5.52. The van der Waals surface area contributed by atoms with Gasteiger partial charge in [-0.25, -0.2) is 9.97 Å². The van der Waals surface area contributed by atoms with Gasteiger partial charge in [-0.05, 0) is 55.8 Å². The van der Waals surface area contributed by atoms with Crippen LogP contribution in [0.2, 0.25) is 0 Å². The summed E-state index contributed by atoms with van der Waals surface area (Å²) in [6.45, 7) is 3.94. The fourth-order valence-electron chi connectivity index (χ4n) is 4.08. The molecule has 0 radical (unpaired) electrons. The largest absolute Gasteiger partial charge is 0.457 e. The summed E-state index contributed by atoms with van der Waals surface area (Å²) in [4.78, 5) is 8.28. The first-order valence-electron chi connectivity index (χ1n) is 10.0. The molecule has 3 heterocycles. The van der Waals surface area contributed by atoms with Crippen LogP contribution in [0.3, 0.4) is 0 Å². The predicted octanol–water partition coefficient (Wildman–Crippen LogP) is 3.06. The molecule has 1 unspecified atom stereocenters. The van der Waals surface area contributed by atoms with Gasteiger partial charge >= 0.3 is 0 Å². The molecule has 3 aromatic rings. The Morgan fingerprint density at radius 2 is 1.77 bits per heavy atom. The van der Waals surface area contributed by atoms with Gasteiger partial charge in [-0.2, -0.15) is 0 Å². The molecule has 0 aliphatic carbocycles. The zero-order chi connectivity index (χ0) is 21.6. The maximum absolute atomic E-state index is 9.98. The molecule has 4 N–H and O–H groups in total. The van der Waals surface area contributed by atoms with E-state index in [1.54, 1.807) is 26.2 Å². The van der Waals surface area contributed by atoms with E-state index in [1.807, 2.05) is 36.4 Å². The minimum Gasteiger partial charge on any atom is -0.457 e. The van der Waals surface area contributed by atoms with Gasteiger partial charge in [-0.3, -0.25) is 0 Å². The number of nitrogens with one attached hydrogen (secondary N) is 1. The molecule has 0 bridgehead atoms. The van der Waals surface area contributed by atoms with Crippen LogP contribution < -0.4 is 15.8 Å². The average Bonchev–Trinajstić information content (AvgIpc) is 3.15. The Bertz CT molecular complexity index is 1270. The minimum atomic E-state index is -1.07. The minimum absolute atomic E-state index is 0.495. The number of nitrogens with two attached hydrogens (primary N) is 1. The van der Waals surface area contributed by atoms with Crippen LogP contribution >= 0.6 is 0 Å². The van der Waals surface area contributed by atoms with Gasteiger partial charge in [0.25, 0.3) is 0 Å². The highest BCUT2D eigenvalue weighted by Crippen LogP contribution is 2.51.